The Morgan fingerprint density at radius 2 is 2.22 bits per heavy atom. The van der Waals surface area contributed by atoms with Crippen molar-refractivity contribution < 1.29 is 4.79 Å². The molecule has 1 aromatic heterocycles. The molecule has 1 aromatic rings. The van der Waals surface area contributed by atoms with E-state index in [1.165, 1.54) is 0 Å². The molecule has 0 bridgehead atoms. The Hall–Kier alpha value is -1.29. The summed E-state index contributed by atoms with van der Waals surface area (Å²) in [7, 11) is 0. The van der Waals surface area contributed by atoms with E-state index in [-0.39, 0.29) is 18.0 Å². The van der Waals surface area contributed by atoms with Crippen molar-refractivity contribution in [3.8, 4) is 0 Å². The molecule has 1 amide bonds. The highest BCUT2D eigenvalue weighted by Crippen LogP contribution is 2.20. The molecule has 4 nitrogen and oxygen atoms in total. The summed E-state index contributed by atoms with van der Waals surface area (Å²) in [4.78, 5) is 14.5. The minimum Gasteiger partial charge on any atom is -0.341 e. The Morgan fingerprint density at radius 3 is 2.83 bits per heavy atom. The summed E-state index contributed by atoms with van der Waals surface area (Å²) in [5.74, 6) is 0.133. The molecule has 1 aliphatic rings. The third-order valence-corrected chi connectivity index (χ3v) is 3.73. The van der Waals surface area contributed by atoms with Crippen molar-refractivity contribution >= 4 is 5.91 Å². The van der Waals surface area contributed by atoms with Crippen molar-refractivity contribution in [3.63, 3.8) is 0 Å². The first-order valence-electron chi connectivity index (χ1n) is 6.74. The highest BCUT2D eigenvalue weighted by Gasteiger charge is 2.29. The number of nitrogens with two attached hydrogens (primary N) is 1. The van der Waals surface area contributed by atoms with Gasteiger partial charge in [-0.2, -0.15) is 0 Å². The highest BCUT2D eigenvalue weighted by molar-refractivity contribution is 5.93. The molecule has 0 spiro atoms. The Morgan fingerprint density at radius 1 is 1.50 bits per heavy atom. The van der Waals surface area contributed by atoms with E-state index in [0.717, 1.165) is 25.1 Å². The van der Waals surface area contributed by atoms with Crippen LogP contribution in [0.4, 0.5) is 0 Å². The molecule has 2 N–H and O–H groups in total. The van der Waals surface area contributed by atoms with E-state index in [1.807, 2.05) is 27.8 Å². The first kappa shape index (κ1) is 13.1. The van der Waals surface area contributed by atoms with E-state index in [0.29, 0.717) is 6.04 Å². The van der Waals surface area contributed by atoms with E-state index < -0.39 is 0 Å². The van der Waals surface area contributed by atoms with E-state index in [2.05, 4.69) is 20.8 Å². The molecule has 2 atom stereocenters. The number of rotatable bonds is 2. The quantitative estimate of drug-likeness (QED) is 0.871. The third kappa shape index (κ3) is 2.43. The zero-order valence-corrected chi connectivity index (χ0v) is 11.5. The number of nitrogens with zero attached hydrogens (tertiary/aromatic N) is 2. The van der Waals surface area contributed by atoms with Gasteiger partial charge in [-0.15, -0.1) is 0 Å². The molecule has 18 heavy (non-hydrogen) atoms. The predicted molar refractivity (Wildman–Crippen MR) is 72.5 cm³/mol. The summed E-state index contributed by atoms with van der Waals surface area (Å²) >= 11 is 0. The smallest absolute Gasteiger partial charge is 0.270 e. The number of carbonyl (C=O) groups excluding carboxylic acids is 1. The fourth-order valence-electron chi connectivity index (χ4n) is 2.68. The van der Waals surface area contributed by atoms with Crippen molar-refractivity contribution in [2.24, 2.45) is 5.73 Å². The average Bonchev–Trinajstić information content (AvgIpc) is 2.77. The van der Waals surface area contributed by atoms with Crippen LogP contribution in [0.2, 0.25) is 0 Å². The Labute approximate surface area is 109 Å². The molecule has 2 rings (SSSR count). The van der Waals surface area contributed by atoms with Gasteiger partial charge in [-0.1, -0.05) is 0 Å². The van der Waals surface area contributed by atoms with Crippen LogP contribution in [0, 0.1) is 0 Å². The van der Waals surface area contributed by atoms with Crippen LogP contribution < -0.4 is 5.73 Å². The molecular weight excluding hydrogens is 226 g/mol. The summed E-state index contributed by atoms with van der Waals surface area (Å²) in [6.45, 7) is 7.03. The maximum Gasteiger partial charge on any atom is 0.270 e. The average molecular weight is 249 g/mol. The number of carbonyl (C=O) groups is 1. The highest BCUT2D eigenvalue weighted by atomic mass is 16.2. The van der Waals surface area contributed by atoms with Crippen LogP contribution in [-0.2, 0) is 0 Å². The van der Waals surface area contributed by atoms with E-state index in [1.54, 1.807) is 0 Å². The summed E-state index contributed by atoms with van der Waals surface area (Å²) in [5, 5.41) is 0. The van der Waals surface area contributed by atoms with Crippen molar-refractivity contribution in [3.05, 3.63) is 24.0 Å². The molecule has 1 fully saturated rings. The zero-order chi connectivity index (χ0) is 13.3. The summed E-state index contributed by atoms with van der Waals surface area (Å²) < 4.78 is 2.03. The lowest BCUT2D eigenvalue weighted by Gasteiger charge is -2.36. The summed E-state index contributed by atoms with van der Waals surface area (Å²) in [6, 6.07) is 4.62. The topological polar surface area (TPSA) is 51.3 Å². The molecule has 2 unspecified atom stereocenters. The minimum atomic E-state index is 0.133. The Balaban J connectivity index is 2.18. The second-order valence-corrected chi connectivity index (χ2v) is 5.53. The standard InChI is InChI=1S/C14H23N3O/c1-10(2)16-7-4-5-13(16)14(18)17-8-6-12(15)9-11(17)3/h4-5,7,10-12H,6,8-9,15H2,1-3H3. The summed E-state index contributed by atoms with van der Waals surface area (Å²) in [5.41, 5.74) is 6.73. The number of piperidine rings is 1. The monoisotopic (exact) mass is 249 g/mol. The van der Waals surface area contributed by atoms with Gasteiger partial charge >= 0.3 is 0 Å². The fraction of sp³-hybridized carbons (Fsp3) is 0.643. The van der Waals surface area contributed by atoms with Crippen LogP contribution in [0.1, 0.15) is 50.1 Å². The third-order valence-electron chi connectivity index (χ3n) is 3.73. The van der Waals surface area contributed by atoms with Gasteiger partial charge in [-0.25, -0.2) is 0 Å². The van der Waals surface area contributed by atoms with Crippen LogP contribution in [0.25, 0.3) is 0 Å². The van der Waals surface area contributed by atoms with Crippen LogP contribution in [-0.4, -0.2) is 34.0 Å². The van der Waals surface area contributed by atoms with Crippen molar-refractivity contribution in [1.29, 1.82) is 0 Å². The fourth-order valence-corrected chi connectivity index (χ4v) is 2.68. The van der Waals surface area contributed by atoms with Crippen molar-refractivity contribution in [2.45, 2.75) is 51.7 Å². The van der Waals surface area contributed by atoms with Gasteiger partial charge in [0.05, 0.1) is 0 Å². The van der Waals surface area contributed by atoms with Crippen LogP contribution in [0.5, 0.6) is 0 Å². The number of hydrogen-bond acceptors (Lipinski definition) is 2. The lowest BCUT2D eigenvalue weighted by molar-refractivity contribution is 0.0606. The van der Waals surface area contributed by atoms with Gasteiger partial charge in [-0.3, -0.25) is 4.79 Å². The molecule has 100 valence electrons. The maximum absolute atomic E-state index is 12.6. The maximum atomic E-state index is 12.6. The minimum absolute atomic E-state index is 0.133. The van der Waals surface area contributed by atoms with Gasteiger partial charge < -0.3 is 15.2 Å². The Bertz CT molecular complexity index is 424. The molecule has 4 heteroatoms. The van der Waals surface area contributed by atoms with Gasteiger partial charge in [0.15, 0.2) is 0 Å². The summed E-state index contributed by atoms with van der Waals surface area (Å²) in [6.07, 6.45) is 3.77. The van der Waals surface area contributed by atoms with E-state index in [9.17, 15) is 4.79 Å². The second-order valence-electron chi connectivity index (χ2n) is 5.53. The SMILES string of the molecule is CC1CC(N)CCN1C(=O)c1cccn1C(C)C. The van der Waals surface area contributed by atoms with Gasteiger partial charge in [0.1, 0.15) is 5.69 Å². The second kappa shape index (κ2) is 5.14. The molecular formula is C14H23N3O. The Kier molecular flexibility index (Phi) is 3.76. The van der Waals surface area contributed by atoms with Crippen LogP contribution >= 0.6 is 0 Å². The first-order valence-corrected chi connectivity index (χ1v) is 6.74. The van der Waals surface area contributed by atoms with Gasteiger partial charge in [0.2, 0.25) is 0 Å². The van der Waals surface area contributed by atoms with E-state index >= 15 is 0 Å². The molecule has 1 saturated heterocycles. The first-order chi connectivity index (χ1) is 8.50. The van der Waals surface area contributed by atoms with Gasteiger partial charge in [0.25, 0.3) is 5.91 Å². The van der Waals surface area contributed by atoms with Gasteiger partial charge in [0, 0.05) is 30.9 Å². The molecule has 2 heterocycles. The lowest BCUT2D eigenvalue weighted by atomic mass is 9.99. The van der Waals surface area contributed by atoms with Crippen molar-refractivity contribution in [2.75, 3.05) is 6.54 Å². The lowest BCUT2D eigenvalue weighted by Crippen LogP contribution is -2.48. The normalized spacial score (nSPS) is 24.6. The molecule has 0 radical (unpaired) electrons. The number of likely N-dealkylation sites (tertiary alicyclic amines) is 1. The number of aromatic nitrogens is 1. The molecule has 1 aliphatic heterocycles. The zero-order valence-electron chi connectivity index (χ0n) is 11.5. The molecule has 0 saturated carbocycles. The molecule has 0 aromatic carbocycles. The van der Waals surface area contributed by atoms with Crippen LogP contribution in [0.15, 0.2) is 18.3 Å². The van der Waals surface area contributed by atoms with Crippen LogP contribution in [0.3, 0.4) is 0 Å². The van der Waals surface area contributed by atoms with Gasteiger partial charge in [-0.05, 0) is 45.7 Å². The predicted octanol–water partition coefficient (Wildman–Crippen LogP) is 2.02. The largest absolute Gasteiger partial charge is 0.341 e. The van der Waals surface area contributed by atoms with Crippen molar-refractivity contribution in [1.82, 2.24) is 9.47 Å². The molecule has 0 aliphatic carbocycles. The number of hydrogen-bond donors (Lipinski definition) is 1. The number of amides is 1. The van der Waals surface area contributed by atoms with E-state index in [4.69, 9.17) is 5.73 Å².